The van der Waals surface area contributed by atoms with Crippen LogP contribution < -0.4 is 0 Å². The van der Waals surface area contributed by atoms with Gasteiger partial charge < -0.3 is 0 Å². The van der Waals surface area contributed by atoms with Crippen LogP contribution in [0.3, 0.4) is 0 Å². The van der Waals surface area contributed by atoms with Crippen molar-refractivity contribution in [3.8, 4) is 11.3 Å². The number of hydrogen-bond acceptors (Lipinski definition) is 2. The van der Waals surface area contributed by atoms with Crippen LogP contribution in [0.5, 0.6) is 0 Å². The Balaban J connectivity index is 1.68. The van der Waals surface area contributed by atoms with Gasteiger partial charge in [0.1, 0.15) is 0 Å². The van der Waals surface area contributed by atoms with E-state index in [1.165, 1.54) is 57.5 Å². The van der Waals surface area contributed by atoms with Gasteiger partial charge in [-0.3, -0.25) is 9.88 Å². The molecule has 1 aliphatic heterocycles. The molecule has 0 saturated carbocycles. The van der Waals surface area contributed by atoms with E-state index in [2.05, 4.69) is 88.0 Å². The molecule has 2 heterocycles. The second kappa shape index (κ2) is 10.0. The lowest BCUT2D eigenvalue weighted by atomic mass is 9.89. The van der Waals surface area contributed by atoms with E-state index in [1.54, 1.807) is 0 Å². The summed E-state index contributed by atoms with van der Waals surface area (Å²) in [5.41, 5.74) is 12.3. The van der Waals surface area contributed by atoms with E-state index >= 15 is 0 Å². The Kier molecular flexibility index (Phi) is 7.10. The zero-order valence-electron chi connectivity index (χ0n) is 20.5. The van der Waals surface area contributed by atoms with Crippen LogP contribution in [0.2, 0.25) is 0 Å². The zero-order chi connectivity index (χ0) is 22.7. The summed E-state index contributed by atoms with van der Waals surface area (Å²) < 4.78 is 0. The minimum Gasteiger partial charge on any atom is -0.292 e. The van der Waals surface area contributed by atoms with Crippen LogP contribution in [0.15, 0.2) is 48.5 Å². The topological polar surface area (TPSA) is 16.1 Å². The summed E-state index contributed by atoms with van der Waals surface area (Å²) >= 11 is 0. The molecule has 0 bridgehead atoms. The van der Waals surface area contributed by atoms with Crippen LogP contribution in [-0.2, 0) is 25.8 Å². The van der Waals surface area contributed by atoms with Crippen molar-refractivity contribution in [1.29, 1.82) is 0 Å². The third kappa shape index (κ3) is 4.38. The lowest BCUT2D eigenvalue weighted by molar-refractivity contribution is 0.165. The Morgan fingerprint density at radius 3 is 2.31 bits per heavy atom. The van der Waals surface area contributed by atoms with Gasteiger partial charge in [-0.05, 0) is 79.0 Å². The Labute approximate surface area is 194 Å². The van der Waals surface area contributed by atoms with Crippen LogP contribution >= 0.6 is 0 Å². The van der Waals surface area contributed by atoms with Crippen molar-refractivity contribution in [2.75, 3.05) is 6.54 Å². The van der Waals surface area contributed by atoms with Crippen molar-refractivity contribution in [2.24, 2.45) is 0 Å². The molecule has 2 aromatic carbocycles. The summed E-state index contributed by atoms with van der Waals surface area (Å²) in [5.74, 6) is 0. The molecule has 0 saturated heterocycles. The summed E-state index contributed by atoms with van der Waals surface area (Å²) in [6.45, 7) is 13.4. The fourth-order valence-electron chi connectivity index (χ4n) is 5.50. The van der Waals surface area contributed by atoms with Crippen molar-refractivity contribution in [3.05, 3.63) is 87.6 Å². The summed E-state index contributed by atoms with van der Waals surface area (Å²) in [4.78, 5) is 7.87. The van der Waals surface area contributed by atoms with E-state index < -0.39 is 0 Å². The van der Waals surface area contributed by atoms with E-state index in [-0.39, 0.29) is 0 Å². The van der Waals surface area contributed by atoms with Gasteiger partial charge in [-0.2, -0.15) is 0 Å². The van der Waals surface area contributed by atoms with Crippen molar-refractivity contribution in [2.45, 2.75) is 79.3 Å². The summed E-state index contributed by atoms with van der Waals surface area (Å²) in [6, 6.07) is 18.6. The molecule has 0 N–H and O–H groups in total. The number of rotatable bonds is 7. The van der Waals surface area contributed by atoms with Crippen molar-refractivity contribution < 1.29 is 0 Å². The van der Waals surface area contributed by atoms with Crippen LogP contribution in [0.4, 0.5) is 0 Å². The minimum atomic E-state index is 0.510. The van der Waals surface area contributed by atoms with Gasteiger partial charge in [0.15, 0.2) is 0 Å². The van der Waals surface area contributed by atoms with Gasteiger partial charge in [0.25, 0.3) is 0 Å². The molecule has 0 spiro atoms. The van der Waals surface area contributed by atoms with Crippen LogP contribution in [0.25, 0.3) is 11.3 Å². The maximum atomic E-state index is 5.18. The first-order valence-corrected chi connectivity index (χ1v) is 12.5. The zero-order valence-corrected chi connectivity index (χ0v) is 20.5. The Bertz CT molecular complexity index is 1040. The second-order valence-corrected chi connectivity index (χ2v) is 9.27. The number of aromatic nitrogens is 1. The number of hydrogen-bond donors (Lipinski definition) is 0. The quantitative estimate of drug-likeness (QED) is 0.391. The van der Waals surface area contributed by atoms with Crippen molar-refractivity contribution in [3.63, 3.8) is 0 Å². The highest BCUT2D eigenvalue weighted by atomic mass is 15.2. The van der Waals surface area contributed by atoms with Gasteiger partial charge >= 0.3 is 0 Å². The molecule has 0 fully saturated rings. The van der Waals surface area contributed by atoms with E-state index in [9.17, 15) is 0 Å². The third-order valence-corrected chi connectivity index (χ3v) is 7.26. The molecule has 3 aromatic rings. The third-order valence-electron chi connectivity index (χ3n) is 7.26. The monoisotopic (exact) mass is 426 g/mol. The molecule has 168 valence electrons. The first-order valence-electron chi connectivity index (χ1n) is 12.5. The molecule has 0 amide bonds. The van der Waals surface area contributed by atoms with E-state index in [4.69, 9.17) is 4.98 Å². The van der Waals surface area contributed by atoms with Gasteiger partial charge in [-0.1, -0.05) is 69.7 Å². The molecular formula is C30H38N2. The first kappa shape index (κ1) is 22.7. The van der Waals surface area contributed by atoms with Gasteiger partial charge in [0.05, 0.1) is 5.69 Å². The SMILES string of the molecule is CCCC1c2ccccc2CCN1Cc1c(C)cc(-c2c(CC)cccc2CC)nc1C. The molecule has 32 heavy (non-hydrogen) atoms. The van der Waals surface area contributed by atoms with Gasteiger partial charge in [-0.25, -0.2) is 0 Å². The average Bonchev–Trinajstić information content (AvgIpc) is 2.81. The molecule has 2 nitrogen and oxygen atoms in total. The van der Waals surface area contributed by atoms with Crippen LogP contribution in [0, 0.1) is 13.8 Å². The van der Waals surface area contributed by atoms with Crippen molar-refractivity contribution in [1.82, 2.24) is 9.88 Å². The van der Waals surface area contributed by atoms with Gasteiger partial charge in [0.2, 0.25) is 0 Å². The minimum absolute atomic E-state index is 0.510. The second-order valence-electron chi connectivity index (χ2n) is 9.27. The highest BCUT2D eigenvalue weighted by Gasteiger charge is 2.27. The van der Waals surface area contributed by atoms with E-state index in [0.29, 0.717) is 6.04 Å². The molecule has 0 radical (unpaired) electrons. The molecule has 4 rings (SSSR count). The predicted octanol–water partition coefficient (Wildman–Crippen LogP) is 7.39. The standard InChI is InChI=1S/C30H38N2/c1-6-12-29-26-16-10-9-13-25(26)17-18-32(29)20-27-21(4)19-28(31-22(27)5)30-23(7-2)14-11-15-24(30)8-3/h9-11,13-16,19,29H,6-8,12,17-18,20H2,1-5H3. The Morgan fingerprint density at radius 2 is 1.66 bits per heavy atom. The highest BCUT2D eigenvalue weighted by molar-refractivity contribution is 5.69. The molecule has 0 aliphatic carbocycles. The van der Waals surface area contributed by atoms with Gasteiger partial charge in [0, 0.05) is 30.4 Å². The van der Waals surface area contributed by atoms with E-state index in [1.807, 2.05) is 0 Å². The highest BCUT2D eigenvalue weighted by Crippen LogP contribution is 2.36. The van der Waals surface area contributed by atoms with Gasteiger partial charge in [-0.15, -0.1) is 0 Å². The molecule has 1 atom stereocenters. The molecular weight excluding hydrogens is 388 g/mol. The lowest BCUT2D eigenvalue weighted by Crippen LogP contribution is -2.35. The molecule has 1 aliphatic rings. The molecule has 1 unspecified atom stereocenters. The first-order chi connectivity index (χ1) is 15.6. The largest absolute Gasteiger partial charge is 0.292 e. The average molecular weight is 427 g/mol. The number of pyridine rings is 1. The lowest BCUT2D eigenvalue weighted by Gasteiger charge is -2.38. The smallest absolute Gasteiger partial charge is 0.0713 e. The predicted molar refractivity (Wildman–Crippen MR) is 136 cm³/mol. The number of nitrogens with zero attached hydrogens (tertiary/aromatic N) is 2. The molecule has 1 aromatic heterocycles. The summed E-state index contributed by atoms with van der Waals surface area (Å²) in [6.07, 6.45) is 5.64. The summed E-state index contributed by atoms with van der Waals surface area (Å²) in [5, 5.41) is 0. The number of benzene rings is 2. The number of aryl methyl sites for hydroxylation is 4. The Morgan fingerprint density at radius 1 is 0.938 bits per heavy atom. The molecule has 2 heteroatoms. The normalized spacial score (nSPS) is 16.2. The van der Waals surface area contributed by atoms with Crippen LogP contribution in [-0.4, -0.2) is 16.4 Å². The number of fused-ring (bicyclic) bond motifs is 1. The maximum Gasteiger partial charge on any atom is 0.0713 e. The van der Waals surface area contributed by atoms with Crippen molar-refractivity contribution >= 4 is 0 Å². The maximum absolute atomic E-state index is 5.18. The Hall–Kier alpha value is -2.45. The fourth-order valence-corrected chi connectivity index (χ4v) is 5.50. The van der Waals surface area contributed by atoms with E-state index in [0.717, 1.165) is 38.0 Å². The fraction of sp³-hybridized carbons (Fsp3) is 0.433. The van der Waals surface area contributed by atoms with Crippen LogP contribution in [0.1, 0.15) is 78.7 Å². The summed E-state index contributed by atoms with van der Waals surface area (Å²) in [7, 11) is 0.